The molecule has 1 aliphatic heterocycles. The van der Waals surface area contributed by atoms with E-state index in [1.165, 1.54) is 0 Å². The Morgan fingerprint density at radius 3 is 2.35 bits per heavy atom. The Labute approximate surface area is 223 Å². The van der Waals surface area contributed by atoms with Gasteiger partial charge < -0.3 is 4.90 Å². The lowest BCUT2D eigenvalue weighted by atomic mass is 9.79. The SMILES string of the molecule is C=C(C)CCC(=O)C1N(C(=O)C(C)C(CC(=O)c2cccc(C)c2C)Cc2ccccc2)CCC1(C)C. The highest BCUT2D eigenvalue weighted by Crippen LogP contribution is 2.39. The number of benzene rings is 2. The van der Waals surface area contributed by atoms with Crippen LogP contribution in [0.3, 0.4) is 0 Å². The van der Waals surface area contributed by atoms with Crippen molar-refractivity contribution in [3.8, 4) is 0 Å². The zero-order valence-corrected chi connectivity index (χ0v) is 23.5. The maximum absolute atomic E-state index is 14.0. The van der Waals surface area contributed by atoms with Gasteiger partial charge in [0.1, 0.15) is 0 Å². The maximum Gasteiger partial charge on any atom is 0.226 e. The minimum atomic E-state index is -0.436. The van der Waals surface area contributed by atoms with E-state index in [0.717, 1.165) is 34.2 Å². The summed E-state index contributed by atoms with van der Waals surface area (Å²) in [4.78, 5) is 42.6. The molecule has 1 fully saturated rings. The summed E-state index contributed by atoms with van der Waals surface area (Å²) in [6.45, 7) is 16.5. The molecule has 1 saturated heterocycles. The number of allylic oxidation sites excluding steroid dienone is 1. The van der Waals surface area contributed by atoms with Crippen LogP contribution in [0.4, 0.5) is 0 Å². The van der Waals surface area contributed by atoms with Gasteiger partial charge in [0.2, 0.25) is 5.91 Å². The van der Waals surface area contributed by atoms with E-state index in [1.807, 2.05) is 69.0 Å². The van der Waals surface area contributed by atoms with E-state index >= 15 is 0 Å². The monoisotopic (exact) mass is 501 g/mol. The number of ketones is 2. The average molecular weight is 502 g/mol. The first-order chi connectivity index (χ1) is 17.4. The minimum absolute atomic E-state index is 0.0195. The third-order valence-corrected chi connectivity index (χ3v) is 8.23. The number of hydrogen-bond donors (Lipinski definition) is 0. The minimum Gasteiger partial charge on any atom is -0.332 e. The molecule has 3 atom stereocenters. The van der Waals surface area contributed by atoms with E-state index in [1.54, 1.807) is 0 Å². The topological polar surface area (TPSA) is 54.5 Å². The number of likely N-dealkylation sites (tertiary alicyclic amines) is 1. The quantitative estimate of drug-likeness (QED) is 0.248. The van der Waals surface area contributed by atoms with Crippen molar-refractivity contribution < 1.29 is 14.4 Å². The first-order valence-electron chi connectivity index (χ1n) is 13.5. The molecule has 0 saturated carbocycles. The predicted octanol–water partition coefficient (Wildman–Crippen LogP) is 6.92. The van der Waals surface area contributed by atoms with Crippen molar-refractivity contribution in [2.75, 3.05) is 6.54 Å². The summed E-state index contributed by atoms with van der Waals surface area (Å²) in [6, 6.07) is 15.4. The Morgan fingerprint density at radius 1 is 1.03 bits per heavy atom. The Hall–Kier alpha value is -3.01. The van der Waals surface area contributed by atoms with Crippen molar-refractivity contribution >= 4 is 17.5 Å². The molecule has 4 heteroatoms. The van der Waals surface area contributed by atoms with E-state index < -0.39 is 6.04 Å². The second kappa shape index (κ2) is 12.0. The molecule has 3 unspecified atom stereocenters. The predicted molar refractivity (Wildman–Crippen MR) is 151 cm³/mol. The molecule has 2 aromatic carbocycles. The molecule has 0 aromatic heterocycles. The summed E-state index contributed by atoms with van der Waals surface area (Å²) in [6.07, 6.45) is 2.76. The third-order valence-electron chi connectivity index (χ3n) is 8.23. The molecule has 2 aromatic rings. The van der Waals surface area contributed by atoms with Gasteiger partial charge in [-0.25, -0.2) is 0 Å². The molecule has 0 spiro atoms. The largest absolute Gasteiger partial charge is 0.332 e. The van der Waals surface area contributed by atoms with Crippen molar-refractivity contribution in [3.05, 3.63) is 82.9 Å². The molecule has 0 N–H and O–H groups in total. The standard InChI is InChI=1S/C33H43NO3/c1-22(2)16-17-29(35)31-33(6,7)18-19-34(31)32(37)25(5)27(20-26-13-9-8-10-14-26)21-30(36)28-15-11-12-23(3)24(28)4/h8-15,25,27,31H,1,16-21H2,2-7H3. The van der Waals surface area contributed by atoms with Crippen LogP contribution in [0.2, 0.25) is 0 Å². The van der Waals surface area contributed by atoms with Crippen LogP contribution in [-0.4, -0.2) is 35.0 Å². The van der Waals surface area contributed by atoms with Gasteiger partial charge in [0.25, 0.3) is 0 Å². The Morgan fingerprint density at radius 2 is 1.70 bits per heavy atom. The van der Waals surface area contributed by atoms with Gasteiger partial charge in [0.15, 0.2) is 11.6 Å². The number of aryl methyl sites for hydroxylation is 1. The van der Waals surface area contributed by atoms with Crippen molar-refractivity contribution in [1.29, 1.82) is 0 Å². The second-order valence-corrected chi connectivity index (χ2v) is 11.7. The molecule has 3 rings (SSSR count). The highest BCUT2D eigenvalue weighted by Gasteiger charge is 2.47. The van der Waals surface area contributed by atoms with Crippen LogP contribution >= 0.6 is 0 Å². The number of carbonyl (C=O) groups is 3. The lowest BCUT2D eigenvalue weighted by Crippen LogP contribution is -2.49. The lowest BCUT2D eigenvalue weighted by molar-refractivity contribution is -0.143. The second-order valence-electron chi connectivity index (χ2n) is 11.7. The van der Waals surface area contributed by atoms with Crippen LogP contribution in [-0.2, 0) is 16.0 Å². The molecule has 1 amide bonds. The number of carbonyl (C=O) groups excluding carboxylic acids is 3. The van der Waals surface area contributed by atoms with Crippen LogP contribution in [0.5, 0.6) is 0 Å². The van der Waals surface area contributed by atoms with Crippen molar-refractivity contribution in [3.63, 3.8) is 0 Å². The summed E-state index contributed by atoms with van der Waals surface area (Å²) in [5, 5.41) is 0. The van der Waals surface area contributed by atoms with Gasteiger partial charge >= 0.3 is 0 Å². The van der Waals surface area contributed by atoms with E-state index in [0.29, 0.717) is 25.8 Å². The fourth-order valence-electron chi connectivity index (χ4n) is 5.62. The number of hydrogen-bond acceptors (Lipinski definition) is 3. The van der Waals surface area contributed by atoms with Gasteiger partial charge in [0, 0.05) is 30.9 Å². The molecule has 1 aliphatic rings. The maximum atomic E-state index is 14.0. The summed E-state index contributed by atoms with van der Waals surface area (Å²) >= 11 is 0. The van der Waals surface area contributed by atoms with E-state index in [2.05, 4.69) is 32.6 Å². The number of Topliss-reactive ketones (excluding diaryl/α,β-unsaturated/α-hetero) is 2. The van der Waals surface area contributed by atoms with E-state index in [4.69, 9.17) is 0 Å². The van der Waals surface area contributed by atoms with Gasteiger partial charge in [-0.05, 0) is 68.1 Å². The van der Waals surface area contributed by atoms with Crippen molar-refractivity contribution in [2.45, 2.75) is 79.7 Å². The van der Waals surface area contributed by atoms with Crippen LogP contribution in [0.15, 0.2) is 60.7 Å². The highest BCUT2D eigenvalue weighted by molar-refractivity contribution is 5.98. The van der Waals surface area contributed by atoms with Crippen molar-refractivity contribution in [2.24, 2.45) is 17.3 Å². The fraction of sp³-hybridized carbons (Fsp3) is 0.485. The molecule has 1 heterocycles. The van der Waals surface area contributed by atoms with Gasteiger partial charge in [-0.1, -0.05) is 74.9 Å². The summed E-state index contributed by atoms with van der Waals surface area (Å²) in [5.74, 6) is -0.402. The Bertz CT molecular complexity index is 1150. The number of amides is 1. The molecule has 0 radical (unpaired) electrons. The average Bonchev–Trinajstić information content (AvgIpc) is 3.18. The molecule has 4 nitrogen and oxygen atoms in total. The lowest BCUT2D eigenvalue weighted by Gasteiger charge is -2.35. The van der Waals surface area contributed by atoms with Crippen LogP contribution in [0.1, 0.15) is 80.4 Å². The van der Waals surface area contributed by atoms with E-state index in [-0.39, 0.29) is 41.1 Å². The molecular formula is C33H43NO3. The van der Waals surface area contributed by atoms with E-state index in [9.17, 15) is 14.4 Å². The summed E-state index contributed by atoms with van der Waals surface area (Å²) in [5.41, 5.74) is 4.62. The molecule has 198 valence electrons. The van der Waals surface area contributed by atoms with Crippen LogP contribution in [0, 0.1) is 31.1 Å². The first kappa shape index (κ1) is 28.6. The zero-order valence-electron chi connectivity index (χ0n) is 23.5. The normalized spacial score (nSPS) is 18.3. The van der Waals surface area contributed by atoms with Crippen LogP contribution < -0.4 is 0 Å². The summed E-state index contributed by atoms with van der Waals surface area (Å²) < 4.78 is 0. The van der Waals surface area contributed by atoms with Gasteiger partial charge in [-0.3, -0.25) is 14.4 Å². The molecule has 0 aliphatic carbocycles. The first-order valence-corrected chi connectivity index (χ1v) is 13.5. The van der Waals surface area contributed by atoms with Gasteiger partial charge in [-0.15, -0.1) is 6.58 Å². The summed E-state index contributed by atoms with van der Waals surface area (Å²) in [7, 11) is 0. The fourth-order valence-corrected chi connectivity index (χ4v) is 5.62. The zero-order chi connectivity index (χ0) is 27.3. The highest BCUT2D eigenvalue weighted by atomic mass is 16.2. The van der Waals surface area contributed by atoms with Gasteiger partial charge in [-0.2, -0.15) is 0 Å². The smallest absolute Gasteiger partial charge is 0.226 e. The number of rotatable bonds is 11. The van der Waals surface area contributed by atoms with Crippen LogP contribution in [0.25, 0.3) is 0 Å². The molecule has 0 bridgehead atoms. The Kier molecular flexibility index (Phi) is 9.28. The molecule has 37 heavy (non-hydrogen) atoms. The molecular weight excluding hydrogens is 458 g/mol. The van der Waals surface area contributed by atoms with Crippen molar-refractivity contribution in [1.82, 2.24) is 4.90 Å². The third kappa shape index (κ3) is 6.85. The number of nitrogens with zero attached hydrogens (tertiary/aromatic N) is 1. The van der Waals surface area contributed by atoms with Gasteiger partial charge in [0.05, 0.1) is 6.04 Å². The Balaban J connectivity index is 1.87.